The lowest BCUT2D eigenvalue weighted by atomic mass is 10.0. The Kier molecular flexibility index (Phi) is 4.43. The number of esters is 1. The number of carbonyl (C=O) groups is 2. The molecule has 29 heavy (non-hydrogen) atoms. The Balaban J connectivity index is 1.69. The fourth-order valence-electron chi connectivity index (χ4n) is 3.10. The molecule has 4 N–H and O–H groups in total. The van der Waals surface area contributed by atoms with Gasteiger partial charge in [0.05, 0.1) is 29.8 Å². The first-order valence-electron chi connectivity index (χ1n) is 8.51. The number of aliphatic carboxylic acids is 1. The van der Waals surface area contributed by atoms with Gasteiger partial charge in [-0.1, -0.05) is 6.07 Å². The van der Waals surface area contributed by atoms with Gasteiger partial charge in [-0.3, -0.25) is 10.2 Å². The van der Waals surface area contributed by atoms with E-state index in [1.807, 2.05) is 0 Å². The van der Waals surface area contributed by atoms with Crippen molar-refractivity contribution in [2.45, 2.75) is 12.8 Å². The van der Waals surface area contributed by atoms with Gasteiger partial charge in [-0.05, 0) is 24.3 Å². The quantitative estimate of drug-likeness (QED) is 0.254. The van der Waals surface area contributed by atoms with Gasteiger partial charge >= 0.3 is 11.9 Å². The molecular weight excluding hydrogens is 378 g/mol. The molecule has 10 nitrogen and oxygen atoms in total. The lowest BCUT2D eigenvalue weighted by Gasteiger charge is -2.09. The number of ether oxygens (including phenoxy) is 1. The number of pyridine rings is 1. The third kappa shape index (κ3) is 3.38. The highest BCUT2D eigenvalue weighted by molar-refractivity contribution is 6.05. The highest BCUT2D eigenvalue weighted by Gasteiger charge is 2.19. The molecule has 0 saturated carbocycles. The monoisotopic (exact) mass is 393 g/mol. The van der Waals surface area contributed by atoms with Gasteiger partial charge in [0.2, 0.25) is 0 Å². The number of carboxylic acid groups (broad SMARTS) is 1. The van der Waals surface area contributed by atoms with E-state index >= 15 is 0 Å². The average molecular weight is 393 g/mol. The summed E-state index contributed by atoms with van der Waals surface area (Å²) in [4.78, 5) is 27.9. The largest absolute Gasteiger partial charge is 0.481 e. The molecule has 0 saturated heterocycles. The number of nitrogens with one attached hydrogen (secondary N) is 1. The molecule has 0 unspecified atom stereocenters. The van der Waals surface area contributed by atoms with Crippen LogP contribution in [0.4, 0.5) is 0 Å². The van der Waals surface area contributed by atoms with Crippen LogP contribution in [0.1, 0.15) is 21.6 Å². The van der Waals surface area contributed by atoms with Crippen LogP contribution in [0.5, 0.6) is 5.75 Å². The van der Waals surface area contributed by atoms with Gasteiger partial charge in [-0.25, -0.2) is 14.3 Å². The van der Waals surface area contributed by atoms with E-state index in [1.165, 1.54) is 29.2 Å². The number of nitrogens with zero attached hydrogens (tertiary/aromatic N) is 3. The van der Waals surface area contributed by atoms with Crippen LogP contribution in [0.2, 0.25) is 0 Å². The van der Waals surface area contributed by atoms with Crippen molar-refractivity contribution >= 4 is 34.4 Å². The summed E-state index contributed by atoms with van der Waals surface area (Å²) in [6.07, 6.45) is 2.65. The fraction of sp³-hybridized carbons (Fsp3) is 0.105. The van der Waals surface area contributed by atoms with Crippen LogP contribution in [-0.2, 0) is 17.6 Å². The van der Waals surface area contributed by atoms with Crippen molar-refractivity contribution in [2.75, 3.05) is 0 Å². The normalized spacial score (nSPS) is 11.0. The minimum atomic E-state index is -1.01. The number of carboxylic acids is 1. The maximum absolute atomic E-state index is 12.8. The number of nitrogens with two attached hydrogens (primary N) is 1. The number of hydrogen-bond donors (Lipinski definition) is 3. The molecule has 3 heterocycles. The Morgan fingerprint density at radius 3 is 2.79 bits per heavy atom. The van der Waals surface area contributed by atoms with E-state index in [2.05, 4.69) is 10.1 Å². The predicted molar refractivity (Wildman–Crippen MR) is 101 cm³/mol. The third-order valence-electron chi connectivity index (χ3n) is 4.30. The van der Waals surface area contributed by atoms with Gasteiger partial charge in [0.15, 0.2) is 11.4 Å². The number of aromatic nitrogens is 3. The van der Waals surface area contributed by atoms with Gasteiger partial charge < -0.3 is 20.0 Å². The third-order valence-corrected chi connectivity index (χ3v) is 4.30. The zero-order valence-electron chi connectivity index (χ0n) is 15.0. The average Bonchev–Trinajstić information content (AvgIpc) is 3.32. The molecule has 0 spiro atoms. The molecule has 0 atom stereocenters. The van der Waals surface area contributed by atoms with Gasteiger partial charge in [-0.2, -0.15) is 5.10 Å². The second-order valence-corrected chi connectivity index (χ2v) is 6.28. The van der Waals surface area contributed by atoms with E-state index in [9.17, 15) is 9.59 Å². The van der Waals surface area contributed by atoms with Crippen LogP contribution in [0.3, 0.4) is 0 Å². The number of fused-ring (bicyclic) bond motifs is 2. The van der Waals surface area contributed by atoms with E-state index in [0.29, 0.717) is 22.2 Å². The number of carbonyl (C=O) groups excluding carboxylic acids is 1. The molecule has 4 aromatic rings. The van der Waals surface area contributed by atoms with Gasteiger partial charge in [0, 0.05) is 17.4 Å². The predicted octanol–water partition coefficient (Wildman–Crippen LogP) is 1.80. The highest BCUT2D eigenvalue weighted by Crippen LogP contribution is 2.27. The number of benzene rings is 1. The first kappa shape index (κ1) is 18.2. The van der Waals surface area contributed by atoms with Gasteiger partial charge in [0.25, 0.3) is 0 Å². The fourth-order valence-corrected chi connectivity index (χ4v) is 3.10. The summed E-state index contributed by atoms with van der Waals surface area (Å²) < 4.78 is 12.3. The van der Waals surface area contributed by atoms with Crippen molar-refractivity contribution in [3.8, 4) is 5.75 Å². The second kappa shape index (κ2) is 7.08. The van der Waals surface area contributed by atoms with Crippen molar-refractivity contribution in [3.63, 3.8) is 0 Å². The zero-order chi connectivity index (χ0) is 20.5. The Bertz CT molecular complexity index is 1270. The van der Waals surface area contributed by atoms with Crippen LogP contribution < -0.4 is 10.5 Å². The first-order chi connectivity index (χ1) is 13.9. The lowest BCUT2D eigenvalue weighted by Crippen LogP contribution is -2.14. The maximum atomic E-state index is 12.8. The van der Waals surface area contributed by atoms with Crippen LogP contribution in [-0.4, -0.2) is 37.5 Å². The molecular formula is C19H15N5O5. The molecule has 0 amide bonds. The molecule has 4 rings (SSSR count). The van der Waals surface area contributed by atoms with Crippen molar-refractivity contribution in [1.82, 2.24) is 14.6 Å². The van der Waals surface area contributed by atoms with Crippen LogP contribution >= 0.6 is 0 Å². The summed E-state index contributed by atoms with van der Waals surface area (Å²) in [5.74, 6) is -1.53. The SMILES string of the molecule is N=C(N)Cc1ccc(C(=O)Oc2ccc(CC(=O)O)n3ncnc23)c2ccoc12. The number of amidine groups is 1. The Hall–Kier alpha value is -4.21. The molecule has 0 aliphatic heterocycles. The van der Waals surface area contributed by atoms with Crippen LogP contribution in [0, 0.1) is 5.41 Å². The summed E-state index contributed by atoms with van der Waals surface area (Å²) in [5.41, 5.74) is 7.51. The van der Waals surface area contributed by atoms with E-state index in [0.717, 1.165) is 0 Å². The maximum Gasteiger partial charge on any atom is 0.344 e. The van der Waals surface area contributed by atoms with Crippen molar-refractivity contribution < 1.29 is 23.8 Å². The lowest BCUT2D eigenvalue weighted by molar-refractivity contribution is -0.136. The standard InChI is InChI=1S/C19H15N5O5/c20-15(21)7-10-1-3-13(12-5-6-28-17(10)12)19(27)29-14-4-2-11(8-16(25)26)24-18(14)22-9-23-24/h1-6,9H,7-8H2,(H3,20,21)(H,25,26). The summed E-state index contributed by atoms with van der Waals surface area (Å²) in [7, 11) is 0. The van der Waals surface area contributed by atoms with Crippen LogP contribution in [0.25, 0.3) is 16.6 Å². The summed E-state index contributed by atoms with van der Waals surface area (Å²) >= 11 is 0. The smallest absolute Gasteiger partial charge is 0.344 e. The van der Waals surface area contributed by atoms with E-state index in [-0.39, 0.29) is 35.6 Å². The number of hydrogen-bond acceptors (Lipinski definition) is 7. The molecule has 0 fully saturated rings. The first-order valence-corrected chi connectivity index (χ1v) is 8.51. The number of furan rings is 1. The number of rotatable bonds is 6. The molecule has 0 radical (unpaired) electrons. The summed E-state index contributed by atoms with van der Waals surface area (Å²) in [5, 5.41) is 21.0. The summed E-state index contributed by atoms with van der Waals surface area (Å²) in [6.45, 7) is 0. The molecule has 0 aliphatic rings. The summed E-state index contributed by atoms with van der Waals surface area (Å²) in [6, 6.07) is 7.88. The van der Waals surface area contributed by atoms with Gasteiger partial charge in [-0.15, -0.1) is 0 Å². The molecule has 1 aromatic carbocycles. The second-order valence-electron chi connectivity index (χ2n) is 6.28. The molecule has 10 heteroatoms. The topological polar surface area (TPSA) is 157 Å². The zero-order valence-corrected chi connectivity index (χ0v) is 15.0. The highest BCUT2D eigenvalue weighted by atomic mass is 16.5. The molecule has 0 bridgehead atoms. The molecule has 3 aromatic heterocycles. The molecule has 0 aliphatic carbocycles. The minimum absolute atomic E-state index is 0.0197. The Labute approximate surface area is 163 Å². The van der Waals surface area contributed by atoms with Crippen LogP contribution in [0.15, 0.2) is 47.3 Å². The molecule has 146 valence electrons. The van der Waals surface area contributed by atoms with Crippen molar-refractivity contribution in [3.05, 3.63) is 59.7 Å². The van der Waals surface area contributed by atoms with Crippen molar-refractivity contribution in [2.24, 2.45) is 5.73 Å². The Morgan fingerprint density at radius 1 is 1.21 bits per heavy atom. The minimum Gasteiger partial charge on any atom is -0.481 e. The Morgan fingerprint density at radius 2 is 2.03 bits per heavy atom. The van der Waals surface area contributed by atoms with Crippen molar-refractivity contribution in [1.29, 1.82) is 5.41 Å². The van der Waals surface area contributed by atoms with E-state index in [1.54, 1.807) is 18.2 Å². The van der Waals surface area contributed by atoms with E-state index < -0.39 is 11.9 Å². The van der Waals surface area contributed by atoms with E-state index in [4.69, 9.17) is 25.4 Å². The van der Waals surface area contributed by atoms with Gasteiger partial charge in [0.1, 0.15) is 11.9 Å².